The maximum Gasteiger partial charge on any atom is 0.0992 e. The minimum atomic E-state index is -0.846. The zero-order valence-electron chi connectivity index (χ0n) is 15.4. The second-order valence-electron chi connectivity index (χ2n) is 7.38. The fourth-order valence-corrected chi connectivity index (χ4v) is 3.48. The Hall–Kier alpha value is -2.19. The quantitative estimate of drug-likeness (QED) is 0.842. The lowest BCUT2D eigenvalue weighted by Gasteiger charge is -2.34. The molecule has 0 spiro atoms. The Morgan fingerprint density at radius 1 is 1.12 bits per heavy atom. The third-order valence-electron chi connectivity index (χ3n) is 5.21. The Bertz CT molecular complexity index is 726. The number of rotatable bonds is 6. The van der Waals surface area contributed by atoms with Crippen molar-refractivity contribution in [3.8, 4) is 6.07 Å². The molecule has 1 unspecified atom stereocenters. The van der Waals surface area contributed by atoms with Crippen molar-refractivity contribution in [1.82, 2.24) is 10.2 Å². The van der Waals surface area contributed by atoms with E-state index in [0.717, 1.165) is 38.0 Å². The van der Waals surface area contributed by atoms with Gasteiger partial charge in [-0.05, 0) is 56.1 Å². The van der Waals surface area contributed by atoms with Crippen molar-refractivity contribution in [1.29, 1.82) is 5.26 Å². The molecule has 0 amide bonds. The maximum atomic E-state index is 10.7. The molecule has 2 aromatic rings. The number of likely N-dealkylation sites (tertiary alicyclic amines) is 1. The minimum absolute atomic E-state index is 0.447. The minimum Gasteiger partial charge on any atom is -0.384 e. The summed E-state index contributed by atoms with van der Waals surface area (Å²) in [5.74, 6) is 0. The van der Waals surface area contributed by atoms with Gasteiger partial charge in [0.1, 0.15) is 0 Å². The Morgan fingerprint density at radius 2 is 1.77 bits per heavy atom. The van der Waals surface area contributed by atoms with E-state index in [4.69, 9.17) is 5.26 Å². The van der Waals surface area contributed by atoms with Crippen LogP contribution in [0.25, 0.3) is 0 Å². The van der Waals surface area contributed by atoms with E-state index in [1.165, 1.54) is 5.56 Å². The topological polar surface area (TPSA) is 59.3 Å². The number of benzene rings is 2. The molecule has 2 aromatic carbocycles. The fraction of sp³-hybridized carbons (Fsp3) is 0.409. The largest absolute Gasteiger partial charge is 0.384 e. The summed E-state index contributed by atoms with van der Waals surface area (Å²) in [6.07, 6.45) is 2.17. The molecule has 3 rings (SSSR count). The lowest BCUT2D eigenvalue weighted by atomic mass is 9.95. The highest BCUT2D eigenvalue weighted by Gasteiger charge is 2.25. The molecule has 26 heavy (non-hydrogen) atoms. The Kier molecular flexibility index (Phi) is 6.05. The Morgan fingerprint density at radius 3 is 2.38 bits per heavy atom. The van der Waals surface area contributed by atoms with Crippen LogP contribution < -0.4 is 5.32 Å². The summed E-state index contributed by atoms with van der Waals surface area (Å²) < 4.78 is 0. The van der Waals surface area contributed by atoms with Crippen molar-refractivity contribution in [3.63, 3.8) is 0 Å². The molecule has 136 valence electrons. The van der Waals surface area contributed by atoms with Crippen molar-refractivity contribution < 1.29 is 5.11 Å². The zero-order valence-corrected chi connectivity index (χ0v) is 15.4. The van der Waals surface area contributed by atoms with Crippen LogP contribution in [0.15, 0.2) is 54.6 Å². The lowest BCUT2D eigenvalue weighted by molar-refractivity contribution is 0.0499. The zero-order chi connectivity index (χ0) is 18.4. The third kappa shape index (κ3) is 4.92. The van der Waals surface area contributed by atoms with E-state index in [2.05, 4.69) is 16.3 Å². The lowest BCUT2D eigenvalue weighted by Crippen LogP contribution is -2.46. The molecule has 0 saturated carbocycles. The van der Waals surface area contributed by atoms with Crippen LogP contribution in [-0.4, -0.2) is 35.7 Å². The molecule has 4 heteroatoms. The molecule has 1 aliphatic rings. The van der Waals surface area contributed by atoms with Crippen molar-refractivity contribution in [2.45, 2.75) is 38.0 Å². The number of aliphatic hydroxyl groups is 1. The summed E-state index contributed by atoms with van der Waals surface area (Å²) in [5, 5.41) is 23.1. The third-order valence-corrected chi connectivity index (χ3v) is 5.21. The van der Waals surface area contributed by atoms with Crippen LogP contribution in [-0.2, 0) is 12.1 Å². The molecule has 0 radical (unpaired) electrons. The molecule has 0 bridgehead atoms. The van der Waals surface area contributed by atoms with Crippen molar-refractivity contribution in [3.05, 3.63) is 71.3 Å². The van der Waals surface area contributed by atoms with Crippen molar-refractivity contribution in [2.24, 2.45) is 0 Å². The normalized spacial score (nSPS) is 18.2. The van der Waals surface area contributed by atoms with E-state index in [1.54, 1.807) is 0 Å². The van der Waals surface area contributed by atoms with Crippen LogP contribution in [0.4, 0.5) is 0 Å². The maximum absolute atomic E-state index is 10.7. The van der Waals surface area contributed by atoms with Gasteiger partial charge < -0.3 is 10.4 Å². The number of nitriles is 1. The molecular weight excluding hydrogens is 322 g/mol. The van der Waals surface area contributed by atoms with Gasteiger partial charge in [-0.25, -0.2) is 0 Å². The van der Waals surface area contributed by atoms with Gasteiger partial charge in [-0.15, -0.1) is 0 Å². The monoisotopic (exact) mass is 349 g/mol. The average Bonchev–Trinajstić information content (AvgIpc) is 2.69. The first kappa shape index (κ1) is 18.6. The van der Waals surface area contributed by atoms with E-state index in [0.29, 0.717) is 18.2 Å². The van der Waals surface area contributed by atoms with Gasteiger partial charge in [-0.2, -0.15) is 5.26 Å². The molecule has 2 N–H and O–H groups in total. The van der Waals surface area contributed by atoms with E-state index in [1.807, 2.05) is 61.5 Å². The number of hydrogen-bond acceptors (Lipinski definition) is 4. The van der Waals surface area contributed by atoms with Gasteiger partial charge in [0.15, 0.2) is 0 Å². The molecule has 1 atom stereocenters. The standard InChI is InChI=1S/C22H27N3O/c1-22(26,20-5-3-2-4-6-20)17-24-21-11-13-25(14-12-21)16-19-9-7-18(15-23)8-10-19/h2-10,21,24,26H,11-14,16-17H2,1H3. The van der Waals surface area contributed by atoms with Crippen molar-refractivity contribution >= 4 is 0 Å². The molecule has 0 aromatic heterocycles. The summed E-state index contributed by atoms with van der Waals surface area (Å²) in [4.78, 5) is 2.45. The van der Waals surface area contributed by atoms with Gasteiger partial charge >= 0.3 is 0 Å². The van der Waals surface area contributed by atoms with Crippen LogP contribution in [0.3, 0.4) is 0 Å². The Balaban J connectivity index is 1.44. The highest BCUT2D eigenvalue weighted by molar-refractivity contribution is 5.31. The average molecular weight is 349 g/mol. The van der Waals surface area contributed by atoms with Gasteiger partial charge in [0.2, 0.25) is 0 Å². The number of hydrogen-bond donors (Lipinski definition) is 2. The summed E-state index contributed by atoms with van der Waals surface area (Å²) in [6, 6.07) is 20.3. The highest BCUT2D eigenvalue weighted by atomic mass is 16.3. The van der Waals surface area contributed by atoms with Gasteiger partial charge in [0, 0.05) is 19.1 Å². The van der Waals surface area contributed by atoms with Gasteiger partial charge in [0.05, 0.1) is 17.2 Å². The van der Waals surface area contributed by atoms with Gasteiger partial charge in [0.25, 0.3) is 0 Å². The second-order valence-corrected chi connectivity index (χ2v) is 7.38. The predicted molar refractivity (Wildman–Crippen MR) is 103 cm³/mol. The molecular formula is C22H27N3O. The summed E-state index contributed by atoms with van der Waals surface area (Å²) in [7, 11) is 0. The number of nitrogens with one attached hydrogen (secondary N) is 1. The van der Waals surface area contributed by atoms with Crippen LogP contribution in [0.1, 0.15) is 36.5 Å². The summed E-state index contributed by atoms with van der Waals surface area (Å²) >= 11 is 0. The van der Waals surface area contributed by atoms with Gasteiger partial charge in [-0.1, -0.05) is 42.5 Å². The van der Waals surface area contributed by atoms with Crippen LogP contribution in [0, 0.1) is 11.3 Å². The highest BCUT2D eigenvalue weighted by Crippen LogP contribution is 2.21. The van der Waals surface area contributed by atoms with E-state index >= 15 is 0 Å². The molecule has 1 aliphatic heterocycles. The van der Waals surface area contributed by atoms with Crippen LogP contribution in [0.2, 0.25) is 0 Å². The first-order chi connectivity index (χ1) is 12.6. The number of nitrogens with zero attached hydrogens (tertiary/aromatic N) is 2. The predicted octanol–water partition coefficient (Wildman–Crippen LogP) is 3.02. The van der Waals surface area contributed by atoms with Crippen LogP contribution >= 0.6 is 0 Å². The molecule has 0 aliphatic carbocycles. The first-order valence-electron chi connectivity index (χ1n) is 9.29. The molecule has 1 fully saturated rings. The van der Waals surface area contributed by atoms with Gasteiger partial charge in [-0.3, -0.25) is 4.90 Å². The van der Waals surface area contributed by atoms with Crippen LogP contribution in [0.5, 0.6) is 0 Å². The summed E-state index contributed by atoms with van der Waals surface area (Å²) in [6.45, 7) is 5.46. The SMILES string of the molecule is CC(O)(CNC1CCN(Cc2ccc(C#N)cc2)CC1)c1ccccc1. The van der Waals surface area contributed by atoms with E-state index in [9.17, 15) is 5.11 Å². The van der Waals surface area contributed by atoms with E-state index < -0.39 is 5.60 Å². The fourth-order valence-electron chi connectivity index (χ4n) is 3.48. The van der Waals surface area contributed by atoms with Crippen molar-refractivity contribution in [2.75, 3.05) is 19.6 Å². The van der Waals surface area contributed by atoms with E-state index in [-0.39, 0.29) is 0 Å². The first-order valence-corrected chi connectivity index (χ1v) is 9.29. The molecule has 4 nitrogen and oxygen atoms in total. The Labute approximate surface area is 156 Å². The second kappa shape index (κ2) is 8.46. The molecule has 1 saturated heterocycles. The molecule has 1 heterocycles. The summed E-state index contributed by atoms with van der Waals surface area (Å²) in [5.41, 5.74) is 2.07. The smallest absolute Gasteiger partial charge is 0.0992 e. The number of piperidine rings is 1.